The summed E-state index contributed by atoms with van der Waals surface area (Å²) in [6, 6.07) is 37.6. The maximum absolute atomic E-state index is 13.7. The van der Waals surface area contributed by atoms with Gasteiger partial charge in [0.15, 0.2) is 0 Å². The topological polar surface area (TPSA) is 238 Å². The van der Waals surface area contributed by atoms with Crippen molar-refractivity contribution in [2.45, 2.75) is 136 Å². The number of allylic oxidation sites excluding steroid dienone is 2. The highest BCUT2D eigenvalue weighted by atomic mass is 19.4. The van der Waals surface area contributed by atoms with Crippen molar-refractivity contribution >= 4 is 52.9 Å². The maximum atomic E-state index is 13.7. The van der Waals surface area contributed by atoms with Gasteiger partial charge in [-0.25, -0.2) is 24.0 Å². The summed E-state index contributed by atoms with van der Waals surface area (Å²) >= 11 is 0. The van der Waals surface area contributed by atoms with Crippen LogP contribution in [0.1, 0.15) is 166 Å². The van der Waals surface area contributed by atoms with Gasteiger partial charge in [0.25, 0.3) is 5.91 Å². The molecular weight excluding hydrogens is 1260 g/mol. The minimum Gasteiger partial charge on any atom is -0.462 e. The number of anilines is 2. The van der Waals surface area contributed by atoms with Gasteiger partial charge in [-0.15, -0.1) is 0 Å². The minimum atomic E-state index is -4.65. The van der Waals surface area contributed by atoms with Gasteiger partial charge in [0, 0.05) is 23.0 Å². The van der Waals surface area contributed by atoms with Gasteiger partial charge in [-0.05, 0) is 167 Å². The average Bonchev–Trinajstić information content (AvgIpc) is 0.779. The standard InChI is InChI=1S/C50H49F3N6O6.C24H22F3N3O2/c1-32-14-12-16-40(28-32)58-33(2)42(44(56-48(58)62)37-22-18-35(30-54)19-23-37)46(60)64-26-10-8-6-4-5-7-9-11-27-65-47(61)43-34(3)59(41-17-13-15-39(29-41)50(51,52)53)49(63)57-45(43)38-24-20-36(31-55)21-25-38;1-14(2)29-23(32)30-20(17-9-7-16(13-28)8-10-17)11-15(3)21(22(30)31)18-5-4-6-19(12-18)24(25,26)27/h12-25,28-29,44-45H,4-11,26-27H2,1-3H3,(H,56,62)(H,57,63);4-10,12,14,20H,11H2,1-3H3,(H,29,32)/t;20-/m.0/s1. The second-order valence-electron chi connectivity index (χ2n) is 23.9. The smallest absolute Gasteiger partial charge is 0.416 e. The number of nitrogens with zero attached hydrogens (tertiary/aromatic N) is 6. The molecule has 0 saturated carbocycles. The molecule has 6 aromatic rings. The molecule has 6 aromatic carbocycles. The summed E-state index contributed by atoms with van der Waals surface area (Å²) in [5.41, 5.74) is 4.47. The van der Waals surface area contributed by atoms with Crippen LogP contribution in [0.3, 0.4) is 0 Å². The van der Waals surface area contributed by atoms with Gasteiger partial charge < -0.3 is 25.4 Å². The Morgan fingerprint density at radius 3 is 1.37 bits per heavy atom. The Hall–Kier alpha value is -11.0. The molecule has 23 heteroatoms. The molecule has 17 nitrogen and oxygen atoms in total. The van der Waals surface area contributed by atoms with Crippen molar-refractivity contribution in [2.75, 3.05) is 23.0 Å². The predicted molar refractivity (Wildman–Crippen MR) is 350 cm³/mol. The summed E-state index contributed by atoms with van der Waals surface area (Å²) < 4.78 is 91.9. The van der Waals surface area contributed by atoms with Crippen LogP contribution >= 0.6 is 0 Å². The Morgan fingerprint density at radius 1 is 0.546 bits per heavy atom. The Morgan fingerprint density at radius 2 is 0.948 bits per heavy atom. The highest BCUT2D eigenvalue weighted by molar-refractivity contribution is 6.25. The number of imide groups is 1. The van der Waals surface area contributed by atoms with E-state index in [1.807, 2.05) is 37.3 Å². The monoisotopic (exact) mass is 1330 g/mol. The molecule has 3 heterocycles. The highest BCUT2D eigenvalue weighted by Crippen LogP contribution is 2.42. The zero-order valence-corrected chi connectivity index (χ0v) is 54.2. The number of ether oxygens (including phenoxy) is 2. The van der Waals surface area contributed by atoms with Crippen LogP contribution in [0, 0.1) is 40.9 Å². The fourth-order valence-corrected chi connectivity index (χ4v) is 11.7. The number of carbonyl (C=O) groups excluding carboxylic acids is 6. The largest absolute Gasteiger partial charge is 0.462 e. The van der Waals surface area contributed by atoms with E-state index in [-0.39, 0.29) is 59.8 Å². The molecule has 7 amide bonds. The Bertz CT molecular complexity index is 4160. The number of nitriles is 3. The van der Waals surface area contributed by atoms with Crippen LogP contribution < -0.4 is 25.8 Å². The van der Waals surface area contributed by atoms with E-state index in [0.29, 0.717) is 68.8 Å². The molecule has 3 N–H and O–H groups in total. The molecule has 3 aliphatic rings. The summed E-state index contributed by atoms with van der Waals surface area (Å²) in [6.07, 6.45) is -2.44. The van der Waals surface area contributed by atoms with Gasteiger partial charge >= 0.3 is 42.4 Å². The Kier molecular flexibility index (Phi) is 23.7. The van der Waals surface area contributed by atoms with E-state index < -0.39 is 71.5 Å². The average molecular weight is 1330 g/mol. The molecule has 0 spiro atoms. The molecule has 0 saturated heterocycles. The molecule has 0 radical (unpaired) electrons. The first-order valence-corrected chi connectivity index (χ1v) is 31.5. The Balaban J connectivity index is 0.000000313. The number of carbonyl (C=O) groups is 6. The van der Waals surface area contributed by atoms with E-state index in [1.54, 1.807) is 107 Å². The third kappa shape index (κ3) is 17.7. The molecule has 9 rings (SSSR count). The molecule has 2 unspecified atom stereocenters. The molecule has 502 valence electrons. The fourth-order valence-electron chi connectivity index (χ4n) is 11.7. The van der Waals surface area contributed by atoms with Crippen LogP contribution in [0.4, 0.5) is 52.1 Å². The number of rotatable bonds is 20. The minimum absolute atomic E-state index is 0.0603. The van der Waals surface area contributed by atoms with Crippen LogP contribution in [-0.2, 0) is 36.2 Å². The van der Waals surface area contributed by atoms with Gasteiger partial charge in [-0.2, -0.15) is 42.1 Å². The number of aryl methyl sites for hydroxylation is 1. The lowest BCUT2D eigenvalue weighted by atomic mass is 9.86. The molecule has 3 aliphatic heterocycles. The quantitative estimate of drug-likeness (QED) is 0.0369. The summed E-state index contributed by atoms with van der Waals surface area (Å²) in [5.74, 6) is -1.92. The lowest BCUT2D eigenvalue weighted by Gasteiger charge is -2.36. The first-order valence-electron chi connectivity index (χ1n) is 31.5. The number of halogens is 6. The molecule has 0 aliphatic carbocycles. The van der Waals surface area contributed by atoms with Crippen molar-refractivity contribution in [3.63, 3.8) is 0 Å². The fraction of sp³-hybridized carbons (Fsp3) is 0.311. The van der Waals surface area contributed by atoms with E-state index in [1.165, 1.54) is 36.1 Å². The number of amides is 7. The summed E-state index contributed by atoms with van der Waals surface area (Å²) in [7, 11) is 0. The van der Waals surface area contributed by atoms with Crippen molar-refractivity contribution < 1.29 is 64.6 Å². The van der Waals surface area contributed by atoms with Gasteiger partial charge in [-0.3, -0.25) is 19.5 Å². The first kappa shape index (κ1) is 71.9. The second kappa shape index (κ2) is 32.0. The van der Waals surface area contributed by atoms with Crippen LogP contribution in [0.25, 0.3) is 5.57 Å². The van der Waals surface area contributed by atoms with Gasteiger partial charge in [0.05, 0.1) is 99.9 Å². The predicted octanol–water partition coefficient (Wildman–Crippen LogP) is 16.2. The molecule has 97 heavy (non-hydrogen) atoms. The highest BCUT2D eigenvalue weighted by Gasteiger charge is 2.42. The Labute approximate surface area is 558 Å². The van der Waals surface area contributed by atoms with Crippen molar-refractivity contribution in [3.05, 3.63) is 229 Å². The number of alkyl halides is 6. The van der Waals surface area contributed by atoms with Crippen molar-refractivity contribution in [1.29, 1.82) is 15.8 Å². The van der Waals surface area contributed by atoms with Crippen LogP contribution in [0.5, 0.6) is 0 Å². The van der Waals surface area contributed by atoms with Gasteiger partial charge in [-0.1, -0.05) is 111 Å². The van der Waals surface area contributed by atoms with Gasteiger partial charge in [0.1, 0.15) is 0 Å². The van der Waals surface area contributed by atoms with Crippen molar-refractivity contribution in [3.8, 4) is 18.2 Å². The van der Waals surface area contributed by atoms with E-state index in [0.717, 1.165) is 78.2 Å². The van der Waals surface area contributed by atoms with E-state index >= 15 is 0 Å². The molecule has 3 atom stereocenters. The third-order valence-corrected chi connectivity index (χ3v) is 16.6. The first-order chi connectivity index (χ1) is 46.2. The van der Waals surface area contributed by atoms with Crippen molar-refractivity contribution in [2.24, 2.45) is 0 Å². The van der Waals surface area contributed by atoms with Crippen molar-refractivity contribution in [1.82, 2.24) is 20.9 Å². The summed E-state index contributed by atoms with van der Waals surface area (Å²) in [6.45, 7) is 10.6. The normalized spacial score (nSPS) is 16.5. The van der Waals surface area contributed by atoms with Crippen LogP contribution in [0.2, 0.25) is 0 Å². The number of hydrogen-bond acceptors (Lipinski definition) is 11. The summed E-state index contributed by atoms with van der Waals surface area (Å²) in [5, 5.41) is 36.0. The van der Waals surface area contributed by atoms with E-state index in [2.05, 4.69) is 22.0 Å². The lowest BCUT2D eigenvalue weighted by molar-refractivity contribution is -0.140. The number of hydrogen-bond donors (Lipinski definition) is 3. The molecule has 0 aromatic heterocycles. The zero-order valence-electron chi connectivity index (χ0n) is 54.2. The number of esters is 2. The SMILES string of the molecule is CC1=C(C(=O)OCCCCCCCCCCOC(=O)C2=C(C)N(c3cccc(C(F)(F)F)c3)C(=O)NC2c2ccc(C#N)cc2)C(c2ccc(C#N)cc2)NC(=O)N1c1cccc(C)c1.CC1=C(c2cccc(C(F)(F)F)c2)C(=O)N(C(=O)NC(C)C)[C@H](c2ccc(C#N)cc2)C1. The van der Waals surface area contributed by atoms with Gasteiger partial charge in [0.2, 0.25) is 0 Å². The van der Waals surface area contributed by atoms with E-state index in [9.17, 15) is 65.6 Å². The van der Waals surface area contributed by atoms with Crippen LogP contribution in [-0.4, -0.2) is 60.1 Å². The summed E-state index contributed by atoms with van der Waals surface area (Å²) in [4.78, 5) is 84.2. The third-order valence-electron chi connectivity index (χ3n) is 16.6. The molecular formula is C74H71F6N9O8. The number of urea groups is 3. The van der Waals surface area contributed by atoms with E-state index in [4.69, 9.17) is 14.7 Å². The molecule has 0 fully saturated rings. The number of benzene rings is 6. The second-order valence-corrected chi connectivity index (χ2v) is 23.9. The maximum Gasteiger partial charge on any atom is 0.416 e. The zero-order chi connectivity index (χ0) is 70.3. The number of unbranched alkanes of at least 4 members (excludes halogenated alkanes) is 7. The lowest BCUT2D eigenvalue weighted by Crippen LogP contribution is -2.50. The molecule has 0 bridgehead atoms. The van der Waals surface area contributed by atoms with Crippen LogP contribution in [0.15, 0.2) is 174 Å². The number of nitrogens with one attached hydrogen (secondary N) is 3.